The molecule has 0 radical (unpaired) electrons. The second kappa shape index (κ2) is 6.33. The highest BCUT2D eigenvalue weighted by Crippen LogP contribution is 2.24. The largest absolute Gasteiger partial charge is 0.481 e. The number of rotatable bonds is 7. The molecule has 0 unspecified atom stereocenters. The maximum atomic E-state index is 10.3. The van der Waals surface area contributed by atoms with Gasteiger partial charge in [0, 0.05) is 24.2 Å². The van der Waals surface area contributed by atoms with E-state index in [9.17, 15) is 4.79 Å². The Balaban J connectivity index is 1.71. The first-order valence-corrected chi connectivity index (χ1v) is 6.56. The van der Waals surface area contributed by atoms with Crippen molar-refractivity contribution in [3.8, 4) is 0 Å². The third-order valence-corrected chi connectivity index (χ3v) is 3.23. The van der Waals surface area contributed by atoms with E-state index < -0.39 is 5.97 Å². The highest BCUT2D eigenvalue weighted by molar-refractivity contribution is 5.66. The molecule has 5 heteroatoms. The Morgan fingerprint density at radius 3 is 3.00 bits per heavy atom. The van der Waals surface area contributed by atoms with Crippen molar-refractivity contribution in [1.29, 1.82) is 0 Å². The average molecular weight is 249 g/mol. The number of carboxylic acid groups (broad SMARTS) is 1. The molecular weight excluding hydrogens is 230 g/mol. The van der Waals surface area contributed by atoms with Crippen LogP contribution in [0.1, 0.15) is 43.4 Å². The molecule has 0 saturated carbocycles. The minimum absolute atomic E-state index is 0.267. The molecule has 0 saturated heterocycles. The van der Waals surface area contributed by atoms with E-state index in [4.69, 9.17) is 5.11 Å². The second-order valence-electron chi connectivity index (χ2n) is 4.63. The number of hydrogen-bond acceptors (Lipinski definition) is 4. The summed E-state index contributed by atoms with van der Waals surface area (Å²) in [4.78, 5) is 18.9. The normalized spacial score (nSPS) is 13.3. The van der Waals surface area contributed by atoms with Crippen LogP contribution < -0.4 is 5.32 Å². The summed E-state index contributed by atoms with van der Waals surface area (Å²) in [6.45, 7) is 0.850. The van der Waals surface area contributed by atoms with Crippen LogP contribution in [0.2, 0.25) is 0 Å². The highest BCUT2D eigenvalue weighted by atomic mass is 16.4. The lowest BCUT2D eigenvalue weighted by Crippen LogP contribution is -2.07. The SMILES string of the molecule is O=C(O)CCCCCNc1ncnc2c1CCC2. The van der Waals surface area contributed by atoms with Gasteiger partial charge in [-0.3, -0.25) is 4.79 Å². The first kappa shape index (κ1) is 12.8. The quantitative estimate of drug-likeness (QED) is 0.723. The highest BCUT2D eigenvalue weighted by Gasteiger charge is 2.16. The number of carboxylic acids is 1. The Bertz CT molecular complexity index is 421. The van der Waals surface area contributed by atoms with E-state index in [1.54, 1.807) is 6.33 Å². The van der Waals surface area contributed by atoms with Crippen molar-refractivity contribution in [3.63, 3.8) is 0 Å². The van der Waals surface area contributed by atoms with Gasteiger partial charge in [0.1, 0.15) is 12.1 Å². The maximum absolute atomic E-state index is 10.3. The number of nitrogens with zero attached hydrogens (tertiary/aromatic N) is 2. The van der Waals surface area contributed by atoms with Crippen LogP contribution in [0.5, 0.6) is 0 Å². The van der Waals surface area contributed by atoms with Gasteiger partial charge in [-0.2, -0.15) is 0 Å². The summed E-state index contributed by atoms with van der Waals surface area (Å²) in [5, 5.41) is 11.9. The first-order chi connectivity index (χ1) is 8.77. The molecule has 1 aromatic rings. The molecule has 5 nitrogen and oxygen atoms in total. The summed E-state index contributed by atoms with van der Waals surface area (Å²) in [6, 6.07) is 0. The molecule has 1 aliphatic carbocycles. The van der Waals surface area contributed by atoms with Crippen molar-refractivity contribution < 1.29 is 9.90 Å². The van der Waals surface area contributed by atoms with Crippen LogP contribution in [0, 0.1) is 0 Å². The summed E-state index contributed by atoms with van der Waals surface area (Å²) in [5.41, 5.74) is 2.45. The Morgan fingerprint density at radius 2 is 2.17 bits per heavy atom. The molecule has 98 valence electrons. The number of carbonyl (C=O) groups is 1. The summed E-state index contributed by atoms with van der Waals surface area (Å²) < 4.78 is 0. The molecule has 0 aliphatic heterocycles. The van der Waals surface area contributed by atoms with Crippen molar-refractivity contribution in [2.75, 3.05) is 11.9 Å². The van der Waals surface area contributed by atoms with Crippen LogP contribution in [-0.2, 0) is 17.6 Å². The Hall–Kier alpha value is -1.65. The van der Waals surface area contributed by atoms with Crippen molar-refractivity contribution in [2.45, 2.75) is 44.9 Å². The van der Waals surface area contributed by atoms with Gasteiger partial charge in [-0.25, -0.2) is 9.97 Å². The van der Waals surface area contributed by atoms with Gasteiger partial charge < -0.3 is 10.4 Å². The van der Waals surface area contributed by atoms with Gasteiger partial charge in [-0.1, -0.05) is 6.42 Å². The fourth-order valence-electron chi connectivity index (χ4n) is 2.30. The molecule has 0 aromatic carbocycles. The fraction of sp³-hybridized carbons (Fsp3) is 0.615. The van der Waals surface area contributed by atoms with Crippen molar-refractivity contribution in [1.82, 2.24) is 9.97 Å². The topological polar surface area (TPSA) is 75.1 Å². The van der Waals surface area contributed by atoms with Gasteiger partial charge in [0.25, 0.3) is 0 Å². The standard InChI is InChI=1S/C13H19N3O2/c17-12(18)7-2-1-3-8-14-13-10-5-4-6-11(10)15-9-16-13/h9H,1-8H2,(H,17,18)(H,14,15,16). The van der Waals surface area contributed by atoms with E-state index in [1.807, 2.05) is 0 Å². The summed E-state index contributed by atoms with van der Waals surface area (Å²) in [6.07, 6.45) is 7.85. The lowest BCUT2D eigenvalue weighted by molar-refractivity contribution is -0.137. The Labute approximate surface area is 107 Å². The predicted molar refractivity (Wildman–Crippen MR) is 68.7 cm³/mol. The first-order valence-electron chi connectivity index (χ1n) is 6.56. The lowest BCUT2D eigenvalue weighted by Gasteiger charge is -2.09. The number of anilines is 1. The molecule has 1 aliphatic rings. The minimum Gasteiger partial charge on any atom is -0.481 e. The number of hydrogen-bond donors (Lipinski definition) is 2. The molecule has 2 rings (SSSR count). The van der Waals surface area contributed by atoms with Crippen LogP contribution in [-0.4, -0.2) is 27.6 Å². The molecule has 0 atom stereocenters. The minimum atomic E-state index is -0.712. The number of unbranched alkanes of at least 4 members (excludes halogenated alkanes) is 2. The Kier molecular flexibility index (Phi) is 4.50. The summed E-state index contributed by atoms with van der Waals surface area (Å²) in [7, 11) is 0. The summed E-state index contributed by atoms with van der Waals surface area (Å²) >= 11 is 0. The second-order valence-corrected chi connectivity index (χ2v) is 4.63. The van der Waals surface area contributed by atoms with E-state index in [-0.39, 0.29) is 6.42 Å². The average Bonchev–Trinajstić information content (AvgIpc) is 2.82. The zero-order valence-corrected chi connectivity index (χ0v) is 10.5. The van der Waals surface area contributed by atoms with Crippen LogP contribution >= 0.6 is 0 Å². The van der Waals surface area contributed by atoms with E-state index >= 15 is 0 Å². The van der Waals surface area contributed by atoms with E-state index in [2.05, 4.69) is 15.3 Å². The van der Waals surface area contributed by atoms with Gasteiger partial charge in [-0.15, -0.1) is 0 Å². The molecule has 18 heavy (non-hydrogen) atoms. The third kappa shape index (κ3) is 3.42. The van der Waals surface area contributed by atoms with Gasteiger partial charge in [0.15, 0.2) is 0 Å². The van der Waals surface area contributed by atoms with E-state index in [0.717, 1.165) is 44.5 Å². The zero-order valence-electron chi connectivity index (χ0n) is 10.5. The van der Waals surface area contributed by atoms with Gasteiger partial charge >= 0.3 is 5.97 Å². The Morgan fingerprint density at radius 1 is 1.28 bits per heavy atom. The third-order valence-electron chi connectivity index (χ3n) is 3.23. The number of fused-ring (bicyclic) bond motifs is 1. The number of nitrogens with one attached hydrogen (secondary N) is 1. The maximum Gasteiger partial charge on any atom is 0.303 e. The van der Waals surface area contributed by atoms with Gasteiger partial charge in [0.2, 0.25) is 0 Å². The molecule has 0 spiro atoms. The number of aliphatic carboxylic acids is 1. The van der Waals surface area contributed by atoms with Crippen molar-refractivity contribution in [2.24, 2.45) is 0 Å². The monoisotopic (exact) mass is 249 g/mol. The van der Waals surface area contributed by atoms with Crippen molar-refractivity contribution in [3.05, 3.63) is 17.6 Å². The number of aromatic nitrogens is 2. The number of aryl methyl sites for hydroxylation is 1. The summed E-state index contributed by atoms with van der Waals surface area (Å²) in [5.74, 6) is 0.257. The van der Waals surface area contributed by atoms with Crippen LogP contribution in [0.4, 0.5) is 5.82 Å². The van der Waals surface area contributed by atoms with Crippen LogP contribution in [0.3, 0.4) is 0 Å². The molecule has 0 bridgehead atoms. The molecule has 1 aromatic heterocycles. The lowest BCUT2D eigenvalue weighted by atomic mass is 10.2. The zero-order chi connectivity index (χ0) is 12.8. The van der Waals surface area contributed by atoms with Crippen molar-refractivity contribution >= 4 is 11.8 Å². The predicted octanol–water partition coefficient (Wildman–Crippen LogP) is 2.02. The smallest absolute Gasteiger partial charge is 0.303 e. The van der Waals surface area contributed by atoms with Crippen LogP contribution in [0.15, 0.2) is 6.33 Å². The van der Waals surface area contributed by atoms with E-state index in [0.29, 0.717) is 0 Å². The fourth-order valence-corrected chi connectivity index (χ4v) is 2.30. The molecule has 0 fully saturated rings. The van der Waals surface area contributed by atoms with Crippen LogP contribution in [0.25, 0.3) is 0 Å². The molecular formula is C13H19N3O2. The van der Waals surface area contributed by atoms with E-state index in [1.165, 1.54) is 17.7 Å². The molecule has 2 N–H and O–H groups in total. The van der Waals surface area contributed by atoms with Gasteiger partial charge in [-0.05, 0) is 32.1 Å². The molecule has 0 amide bonds. The van der Waals surface area contributed by atoms with Gasteiger partial charge in [0.05, 0.1) is 0 Å². The molecule has 1 heterocycles.